The summed E-state index contributed by atoms with van der Waals surface area (Å²) in [5.74, 6) is -0.156. The molecule has 12 heavy (non-hydrogen) atoms. The molecule has 0 radical (unpaired) electrons. The van der Waals surface area contributed by atoms with Gasteiger partial charge in [-0.15, -0.1) is 0 Å². The summed E-state index contributed by atoms with van der Waals surface area (Å²) in [7, 11) is 3.33. The van der Waals surface area contributed by atoms with Crippen LogP contribution in [0.15, 0.2) is 0 Å². The van der Waals surface area contributed by atoms with Gasteiger partial charge in [0, 0.05) is 6.54 Å². The van der Waals surface area contributed by atoms with Crippen LogP contribution in [-0.4, -0.2) is 39.8 Å². The Bertz CT molecular complexity index is 118. The molecule has 0 heterocycles. The van der Waals surface area contributed by atoms with Crippen LogP contribution in [0.3, 0.4) is 0 Å². The monoisotopic (exact) mass is 174 g/mol. The van der Waals surface area contributed by atoms with Gasteiger partial charge in [0.25, 0.3) is 0 Å². The summed E-state index contributed by atoms with van der Waals surface area (Å²) >= 11 is 0. The highest BCUT2D eigenvalue weighted by Gasteiger charge is 1.97. The molecule has 0 fully saturated rings. The van der Waals surface area contributed by atoms with Gasteiger partial charge in [-0.25, -0.2) is 0 Å². The van der Waals surface area contributed by atoms with Crippen molar-refractivity contribution in [3.63, 3.8) is 0 Å². The van der Waals surface area contributed by atoms with E-state index in [0.29, 0.717) is 13.0 Å². The van der Waals surface area contributed by atoms with Crippen molar-refractivity contribution >= 4 is 5.97 Å². The van der Waals surface area contributed by atoms with E-state index in [1.54, 1.807) is 0 Å². The molecule has 0 amide bonds. The number of rotatable bonds is 7. The number of methoxy groups -OCH3 is 1. The normalized spacial score (nSPS) is 9.83. The molecule has 0 saturated carbocycles. The predicted molar refractivity (Wildman–Crippen MR) is 48.0 cm³/mol. The Balaban J connectivity index is 2.95. The Hall–Kier alpha value is -0.610. The van der Waals surface area contributed by atoms with Gasteiger partial charge >= 0.3 is 5.97 Å². The first-order valence-corrected chi connectivity index (χ1v) is 4.23. The lowest BCUT2D eigenvalue weighted by molar-refractivity contribution is -0.140. The van der Waals surface area contributed by atoms with Crippen LogP contribution in [0, 0.1) is 0 Å². The predicted octanol–water partition coefficient (Wildman–Crippen LogP) is -0.251. The van der Waals surface area contributed by atoms with E-state index < -0.39 is 0 Å². The smallest absolute Gasteiger partial charge is 0.306 e. The first-order valence-electron chi connectivity index (χ1n) is 4.23. The zero-order chi connectivity index (χ0) is 9.23. The molecule has 0 atom stereocenters. The minimum atomic E-state index is -0.156. The van der Waals surface area contributed by atoms with E-state index in [1.165, 1.54) is 7.11 Å². The van der Waals surface area contributed by atoms with E-state index in [2.05, 4.69) is 15.4 Å². The summed E-state index contributed by atoms with van der Waals surface area (Å²) in [6.45, 7) is 2.65. The van der Waals surface area contributed by atoms with Crippen LogP contribution in [0.5, 0.6) is 0 Å². The molecule has 0 aromatic carbocycles. The summed E-state index contributed by atoms with van der Waals surface area (Å²) in [5.41, 5.74) is 0. The van der Waals surface area contributed by atoms with Gasteiger partial charge in [0.1, 0.15) is 0 Å². The highest BCUT2D eigenvalue weighted by molar-refractivity contribution is 5.69. The minimum Gasteiger partial charge on any atom is -0.469 e. The Morgan fingerprint density at radius 3 is 2.67 bits per heavy atom. The van der Waals surface area contributed by atoms with E-state index in [-0.39, 0.29) is 5.97 Å². The topological polar surface area (TPSA) is 50.4 Å². The average molecular weight is 174 g/mol. The number of ether oxygens (including phenoxy) is 1. The van der Waals surface area contributed by atoms with Gasteiger partial charge in [-0.2, -0.15) is 0 Å². The number of esters is 1. The SMILES string of the molecule is CNCCCNCCC(=O)OC. The molecular formula is C8H18N2O2. The van der Waals surface area contributed by atoms with Gasteiger partial charge < -0.3 is 15.4 Å². The molecule has 0 saturated heterocycles. The van der Waals surface area contributed by atoms with Crippen LogP contribution in [0.4, 0.5) is 0 Å². The average Bonchev–Trinajstić information content (AvgIpc) is 2.10. The molecule has 0 bridgehead atoms. The lowest BCUT2D eigenvalue weighted by Crippen LogP contribution is -2.22. The summed E-state index contributed by atoms with van der Waals surface area (Å²) in [6, 6.07) is 0. The first-order chi connectivity index (χ1) is 5.81. The second-order valence-corrected chi connectivity index (χ2v) is 2.53. The highest BCUT2D eigenvalue weighted by Crippen LogP contribution is 1.81. The van der Waals surface area contributed by atoms with Crippen molar-refractivity contribution in [3.05, 3.63) is 0 Å². The fourth-order valence-electron chi connectivity index (χ4n) is 0.808. The second kappa shape index (κ2) is 8.49. The Labute approximate surface area is 73.7 Å². The van der Waals surface area contributed by atoms with Crippen LogP contribution in [0.25, 0.3) is 0 Å². The largest absolute Gasteiger partial charge is 0.469 e. The standard InChI is InChI=1S/C8H18N2O2/c1-9-5-3-6-10-7-4-8(11)12-2/h9-10H,3-7H2,1-2H3. The van der Waals surface area contributed by atoms with Crippen molar-refractivity contribution in [1.82, 2.24) is 10.6 Å². The lowest BCUT2D eigenvalue weighted by atomic mass is 10.4. The molecule has 0 spiro atoms. The molecule has 0 aliphatic carbocycles. The molecule has 0 rings (SSSR count). The fraction of sp³-hybridized carbons (Fsp3) is 0.875. The maximum absolute atomic E-state index is 10.6. The van der Waals surface area contributed by atoms with E-state index in [0.717, 1.165) is 19.5 Å². The third-order valence-corrected chi connectivity index (χ3v) is 1.51. The van der Waals surface area contributed by atoms with Crippen molar-refractivity contribution in [3.8, 4) is 0 Å². The van der Waals surface area contributed by atoms with Crippen LogP contribution >= 0.6 is 0 Å². The lowest BCUT2D eigenvalue weighted by Gasteiger charge is -2.02. The van der Waals surface area contributed by atoms with Crippen molar-refractivity contribution < 1.29 is 9.53 Å². The van der Waals surface area contributed by atoms with Gasteiger partial charge in [-0.3, -0.25) is 4.79 Å². The molecule has 72 valence electrons. The number of hydrogen-bond acceptors (Lipinski definition) is 4. The molecule has 0 aromatic rings. The van der Waals surface area contributed by atoms with Gasteiger partial charge in [0.15, 0.2) is 0 Å². The number of carbonyl (C=O) groups is 1. The van der Waals surface area contributed by atoms with Crippen molar-refractivity contribution in [2.24, 2.45) is 0 Å². The maximum atomic E-state index is 10.6. The van der Waals surface area contributed by atoms with E-state index >= 15 is 0 Å². The maximum Gasteiger partial charge on any atom is 0.306 e. The van der Waals surface area contributed by atoms with Crippen LogP contribution < -0.4 is 10.6 Å². The van der Waals surface area contributed by atoms with Crippen LogP contribution in [0.1, 0.15) is 12.8 Å². The summed E-state index contributed by atoms with van der Waals surface area (Å²) in [4.78, 5) is 10.6. The zero-order valence-corrected chi connectivity index (χ0v) is 7.85. The number of hydrogen-bond donors (Lipinski definition) is 2. The molecule has 0 aliphatic rings. The summed E-state index contributed by atoms with van der Waals surface area (Å²) in [5, 5.41) is 6.19. The molecule has 2 N–H and O–H groups in total. The number of carbonyl (C=O) groups excluding carboxylic acids is 1. The first kappa shape index (κ1) is 11.4. The summed E-state index contributed by atoms with van der Waals surface area (Å²) in [6.07, 6.45) is 1.54. The highest BCUT2D eigenvalue weighted by atomic mass is 16.5. The van der Waals surface area contributed by atoms with E-state index in [1.807, 2.05) is 7.05 Å². The Morgan fingerprint density at radius 1 is 1.33 bits per heavy atom. The minimum absolute atomic E-state index is 0.156. The second-order valence-electron chi connectivity index (χ2n) is 2.53. The van der Waals surface area contributed by atoms with Crippen molar-refractivity contribution in [2.75, 3.05) is 33.8 Å². The van der Waals surface area contributed by atoms with Gasteiger partial charge in [-0.1, -0.05) is 0 Å². The third-order valence-electron chi connectivity index (χ3n) is 1.51. The molecule has 4 nitrogen and oxygen atoms in total. The zero-order valence-electron chi connectivity index (χ0n) is 7.85. The van der Waals surface area contributed by atoms with Gasteiger partial charge in [0.05, 0.1) is 13.5 Å². The van der Waals surface area contributed by atoms with Gasteiger partial charge in [0.2, 0.25) is 0 Å². The molecule has 0 aliphatic heterocycles. The molecule has 0 unspecified atom stereocenters. The quantitative estimate of drug-likeness (QED) is 0.413. The molecule has 0 aromatic heterocycles. The van der Waals surface area contributed by atoms with Gasteiger partial charge in [-0.05, 0) is 26.6 Å². The third kappa shape index (κ3) is 7.50. The van der Waals surface area contributed by atoms with E-state index in [4.69, 9.17) is 0 Å². The Kier molecular flexibility index (Phi) is 8.05. The molecule has 4 heteroatoms. The Morgan fingerprint density at radius 2 is 2.08 bits per heavy atom. The fourth-order valence-corrected chi connectivity index (χ4v) is 0.808. The number of nitrogens with one attached hydrogen (secondary N) is 2. The van der Waals surface area contributed by atoms with Crippen LogP contribution in [0.2, 0.25) is 0 Å². The van der Waals surface area contributed by atoms with E-state index in [9.17, 15) is 4.79 Å². The summed E-state index contributed by atoms with van der Waals surface area (Å²) < 4.78 is 4.49. The molecular weight excluding hydrogens is 156 g/mol. The van der Waals surface area contributed by atoms with Crippen molar-refractivity contribution in [2.45, 2.75) is 12.8 Å². The van der Waals surface area contributed by atoms with Crippen LogP contribution in [-0.2, 0) is 9.53 Å². The van der Waals surface area contributed by atoms with Crippen molar-refractivity contribution in [1.29, 1.82) is 0 Å².